The molecule has 2 rings (SSSR count). The zero-order valence-corrected chi connectivity index (χ0v) is 14.3. The molecule has 0 aliphatic heterocycles. The molecule has 0 aromatic carbocycles. The van der Waals surface area contributed by atoms with Gasteiger partial charge >= 0.3 is 0 Å². The smallest absolute Gasteiger partial charge is 0.205 e. The van der Waals surface area contributed by atoms with Gasteiger partial charge in [0.15, 0.2) is 6.19 Å². The molecule has 0 bridgehead atoms. The van der Waals surface area contributed by atoms with E-state index in [0.29, 0.717) is 19.0 Å². The van der Waals surface area contributed by atoms with E-state index in [4.69, 9.17) is 9.68 Å². The number of furan rings is 1. The second-order valence-corrected chi connectivity index (χ2v) is 5.90. The number of nitrogens with one attached hydrogen (secondary N) is 3. The first-order chi connectivity index (χ1) is 11.8. The molecule has 0 unspecified atom stereocenters. The fourth-order valence-corrected chi connectivity index (χ4v) is 2.71. The molecule has 0 fully saturated rings. The molecule has 0 saturated carbocycles. The SMILES string of the molecule is Cc1[nH]cnc1CSCCNC(=NCC=Cc1ccco1)NC#N. The normalized spacial score (nSPS) is 11.6. The number of guanidine groups is 1. The van der Waals surface area contributed by atoms with Gasteiger partial charge in [-0.2, -0.15) is 17.0 Å². The van der Waals surface area contributed by atoms with E-state index >= 15 is 0 Å². The molecule has 8 heteroatoms. The van der Waals surface area contributed by atoms with Crippen molar-refractivity contribution in [3.05, 3.63) is 47.9 Å². The first kappa shape index (κ1) is 17.7. The molecule has 3 N–H and O–H groups in total. The molecule has 7 nitrogen and oxygen atoms in total. The van der Waals surface area contributed by atoms with E-state index in [2.05, 4.69) is 25.6 Å². The summed E-state index contributed by atoms with van der Waals surface area (Å²) in [6.07, 6.45) is 8.93. The number of rotatable bonds is 8. The fourth-order valence-electron chi connectivity index (χ4n) is 1.83. The van der Waals surface area contributed by atoms with E-state index in [-0.39, 0.29) is 0 Å². The number of aromatic amines is 1. The highest BCUT2D eigenvalue weighted by molar-refractivity contribution is 7.98. The summed E-state index contributed by atoms with van der Waals surface area (Å²) in [5.41, 5.74) is 2.18. The molecule has 0 radical (unpaired) electrons. The van der Waals surface area contributed by atoms with E-state index < -0.39 is 0 Å². The van der Waals surface area contributed by atoms with Crippen LogP contribution in [0, 0.1) is 18.4 Å². The molecular weight excluding hydrogens is 324 g/mol. The quantitative estimate of drug-likeness (QED) is 0.223. The van der Waals surface area contributed by atoms with E-state index in [1.165, 1.54) is 0 Å². The molecular formula is C16H20N6OS. The van der Waals surface area contributed by atoms with Crippen molar-refractivity contribution in [1.29, 1.82) is 5.26 Å². The number of H-pyrrole nitrogens is 1. The molecule has 0 amide bonds. The molecule has 0 spiro atoms. The Morgan fingerprint density at radius 2 is 2.50 bits per heavy atom. The summed E-state index contributed by atoms with van der Waals surface area (Å²) in [6.45, 7) is 3.18. The summed E-state index contributed by atoms with van der Waals surface area (Å²) in [5, 5.41) is 14.4. The van der Waals surface area contributed by atoms with Gasteiger partial charge in [0, 0.05) is 23.7 Å². The standard InChI is InChI=1S/C16H20N6OS/c1-13-15(22-12-21-13)10-24-9-7-19-16(20-11-17)18-6-2-4-14-5-3-8-23-14/h2-5,8,12H,6-7,9-10H2,1H3,(H,21,22)(H2,18,19,20). The summed E-state index contributed by atoms with van der Waals surface area (Å²) in [4.78, 5) is 11.6. The molecule has 2 heterocycles. The van der Waals surface area contributed by atoms with Crippen LogP contribution in [0.1, 0.15) is 17.1 Å². The predicted molar refractivity (Wildman–Crippen MR) is 96.3 cm³/mol. The Morgan fingerprint density at radius 3 is 3.21 bits per heavy atom. The number of hydrogen-bond acceptors (Lipinski definition) is 5. The van der Waals surface area contributed by atoms with E-state index in [1.807, 2.05) is 37.4 Å². The Morgan fingerprint density at radius 1 is 1.58 bits per heavy atom. The van der Waals surface area contributed by atoms with Gasteiger partial charge in [0.05, 0.1) is 24.8 Å². The van der Waals surface area contributed by atoms with Gasteiger partial charge in [-0.25, -0.2) is 9.98 Å². The molecule has 0 atom stereocenters. The minimum absolute atomic E-state index is 0.456. The number of aryl methyl sites for hydroxylation is 1. The second kappa shape index (κ2) is 10.2. The van der Waals surface area contributed by atoms with Crippen LogP contribution in [0.2, 0.25) is 0 Å². The van der Waals surface area contributed by atoms with Crippen molar-refractivity contribution < 1.29 is 4.42 Å². The lowest BCUT2D eigenvalue weighted by Gasteiger charge is -2.07. The topological polar surface area (TPSA) is 102 Å². The number of aromatic nitrogens is 2. The minimum atomic E-state index is 0.456. The third-order valence-electron chi connectivity index (χ3n) is 3.07. The number of hydrogen-bond donors (Lipinski definition) is 3. The Bertz CT molecular complexity index is 698. The highest BCUT2D eigenvalue weighted by Gasteiger charge is 2.01. The van der Waals surface area contributed by atoms with Gasteiger partial charge in [0.1, 0.15) is 5.76 Å². The van der Waals surface area contributed by atoms with Crippen LogP contribution in [0.5, 0.6) is 0 Å². The van der Waals surface area contributed by atoms with Gasteiger partial charge in [0.25, 0.3) is 0 Å². The van der Waals surface area contributed by atoms with Crippen LogP contribution >= 0.6 is 11.8 Å². The van der Waals surface area contributed by atoms with Gasteiger partial charge in [-0.15, -0.1) is 0 Å². The van der Waals surface area contributed by atoms with Crippen molar-refractivity contribution in [3.63, 3.8) is 0 Å². The van der Waals surface area contributed by atoms with Gasteiger partial charge in [-0.1, -0.05) is 6.08 Å². The number of imidazole rings is 1. The fraction of sp³-hybridized carbons (Fsp3) is 0.312. The Kier molecular flexibility index (Phi) is 7.50. The van der Waals surface area contributed by atoms with Crippen LogP contribution in [-0.4, -0.2) is 34.8 Å². The summed E-state index contributed by atoms with van der Waals surface area (Å²) < 4.78 is 5.19. The first-order valence-corrected chi connectivity index (χ1v) is 8.65. The number of aliphatic imine (C=N–C) groups is 1. The zero-order valence-electron chi connectivity index (χ0n) is 13.5. The molecule has 0 saturated heterocycles. The van der Waals surface area contributed by atoms with Crippen LogP contribution in [0.15, 0.2) is 40.2 Å². The van der Waals surface area contributed by atoms with Crippen molar-refractivity contribution in [2.24, 2.45) is 4.99 Å². The molecule has 24 heavy (non-hydrogen) atoms. The average molecular weight is 344 g/mol. The minimum Gasteiger partial charge on any atom is -0.465 e. The van der Waals surface area contributed by atoms with Gasteiger partial charge in [-0.05, 0) is 25.1 Å². The predicted octanol–water partition coefficient (Wildman–Crippen LogP) is 2.27. The zero-order chi connectivity index (χ0) is 17.0. The maximum absolute atomic E-state index is 8.77. The molecule has 0 aliphatic rings. The molecule has 2 aromatic rings. The maximum Gasteiger partial charge on any atom is 0.205 e. The Labute approximate surface area is 145 Å². The lowest BCUT2D eigenvalue weighted by Crippen LogP contribution is -2.36. The van der Waals surface area contributed by atoms with Crippen LogP contribution < -0.4 is 10.6 Å². The third-order valence-corrected chi connectivity index (χ3v) is 4.04. The van der Waals surface area contributed by atoms with E-state index in [0.717, 1.165) is 28.7 Å². The summed E-state index contributed by atoms with van der Waals surface area (Å²) in [7, 11) is 0. The van der Waals surface area contributed by atoms with Crippen LogP contribution in [0.4, 0.5) is 0 Å². The number of nitrogens with zero attached hydrogens (tertiary/aromatic N) is 3. The van der Waals surface area contributed by atoms with Gasteiger partial charge < -0.3 is 14.7 Å². The lowest BCUT2D eigenvalue weighted by atomic mass is 10.4. The number of thioether (sulfide) groups is 1. The lowest BCUT2D eigenvalue weighted by molar-refractivity contribution is 0.557. The van der Waals surface area contributed by atoms with Crippen molar-refractivity contribution in [1.82, 2.24) is 20.6 Å². The molecule has 0 aliphatic carbocycles. The van der Waals surface area contributed by atoms with Crippen LogP contribution in [0.3, 0.4) is 0 Å². The second-order valence-electron chi connectivity index (χ2n) is 4.80. The third kappa shape index (κ3) is 6.22. The number of nitriles is 1. The maximum atomic E-state index is 8.77. The van der Waals surface area contributed by atoms with Crippen molar-refractivity contribution in [2.75, 3.05) is 18.8 Å². The van der Waals surface area contributed by atoms with Crippen molar-refractivity contribution in [2.45, 2.75) is 12.7 Å². The summed E-state index contributed by atoms with van der Waals surface area (Å²) in [5.74, 6) is 3.00. The highest BCUT2D eigenvalue weighted by Crippen LogP contribution is 2.11. The molecule has 126 valence electrons. The molecule has 2 aromatic heterocycles. The Hall–Kier alpha value is -2.66. The summed E-state index contributed by atoms with van der Waals surface area (Å²) >= 11 is 1.77. The van der Waals surface area contributed by atoms with Gasteiger partial charge in [0.2, 0.25) is 5.96 Å². The largest absolute Gasteiger partial charge is 0.465 e. The average Bonchev–Trinajstić information content (AvgIpc) is 3.23. The monoisotopic (exact) mass is 344 g/mol. The van der Waals surface area contributed by atoms with E-state index in [1.54, 1.807) is 24.4 Å². The highest BCUT2D eigenvalue weighted by atomic mass is 32.2. The van der Waals surface area contributed by atoms with Crippen molar-refractivity contribution >= 4 is 23.8 Å². The Balaban J connectivity index is 1.67. The van der Waals surface area contributed by atoms with Crippen molar-refractivity contribution in [3.8, 4) is 6.19 Å². The van der Waals surface area contributed by atoms with Crippen LogP contribution in [0.25, 0.3) is 6.08 Å². The van der Waals surface area contributed by atoms with Gasteiger partial charge in [-0.3, -0.25) is 5.32 Å². The summed E-state index contributed by atoms with van der Waals surface area (Å²) in [6, 6.07) is 3.69. The van der Waals surface area contributed by atoms with E-state index in [9.17, 15) is 0 Å². The van der Waals surface area contributed by atoms with Crippen LogP contribution in [-0.2, 0) is 5.75 Å². The first-order valence-electron chi connectivity index (χ1n) is 7.49.